The standard InChI is InChI=1S/C59H75N9O8S2/c1-38-13-20-46(21-14-38)78(75,76)68-26-23-47-50(36-69)63-49-22-19-43(32-48(49)54(47)68)42-9-6-10-44(31-42)62-52(71)11-7-24-65-27-29-66(30-28-65)25-8-12-53(72)64-56(59(3,4)5)58(74)67-35-45(70)33-51(67)57(73)60-34-40-15-17-41(18-16-40)55-39(2)61-37-77-55/h6,9-10,13-22,31-32,37,45,47,50-51,54,56,63,69-70H,7-8,11-12,23-30,33-36H2,1-5H3,(H,60,73)(H,62,71)(H,64,72)/t45-,47-,50+,51+,54-,56-/m1/s1. The highest BCUT2D eigenvalue weighted by molar-refractivity contribution is 7.89. The Labute approximate surface area is 462 Å². The summed E-state index contributed by atoms with van der Waals surface area (Å²) in [5, 5.41) is 33.5. The molecule has 6 atom stereocenters. The molecule has 3 saturated heterocycles. The van der Waals surface area contributed by atoms with Crippen molar-refractivity contribution in [1.29, 1.82) is 0 Å². The first-order valence-electron chi connectivity index (χ1n) is 27.4. The normalized spacial score (nSPS) is 21.3. The average Bonchev–Trinajstić information content (AvgIpc) is 4.38. The summed E-state index contributed by atoms with van der Waals surface area (Å²) in [5.41, 5.74) is 9.19. The van der Waals surface area contributed by atoms with Gasteiger partial charge in [0.25, 0.3) is 0 Å². The Morgan fingerprint density at radius 2 is 1.50 bits per heavy atom. The number of anilines is 2. The molecule has 3 fully saturated rings. The zero-order chi connectivity index (χ0) is 55.3. The molecule has 17 nitrogen and oxygen atoms in total. The van der Waals surface area contributed by atoms with Crippen molar-refractivity contribution >= 4 is 56.4 Å². The molecule has 5 heterocycles. The van der Waals surface area contributed by atoms with Gasteiger partial charge >= 0.3 is 0 Å². The van der Waals surface area contributed by atoms with Crippen molar-refractivity contribution in [3.63, 3.8) is 0 Å². The molecule has 416 valence electrons. The van der Waals surface area contributed by atoms with Gasteiger partial charge in [-0.15, -0.1) is 11.3 Å². The van der Waals surface area contributed by atoms with Gasteiger partial charge in [-0.05, 0) is 116 Å². The van der Waals surface area contributed by atoms with Crippen molar-refractivity contribution in [2.45, 2.75) is 115 Å². The first-order valence-corrected chi connectivity index (χ1v) is 29.7. The number of carbonyl (C=O) groups excluding carboxylic acids is 4. The Kier molecular flexibility index (Phi) is 17.8. The molecular formula is C59H75N9O8S2. The molecule has 4 aliphatic heterocycles. The average molecular weight is 1100 g/mol. The Bertz CT molecular complexity index is 3050. The second-order valence-corrected chi connectivity index (χ2v) is 25.3. The highest BCUT2D eigenvalue weighted by Crippen LogP contribution is 2.49. The zero-order valence-corrected chi connectivity index (χ0v) is 47.0. The minimum atomic E-state index is -3.81. The van der Waals surface area contributed by atoms with Crippen LogP contribution in [0.1, 0.15) is 87.7 Å². The number of likely N-dealkylation sites (tertiary alicyclic amines) is 1. The smallest absolute Gasteiger partial charge is 0.246 e. The van der Waals surface area contributed by atoms with Crippen molar-refractivity contribution in [3.05, 3.63) is 119 Å². The summed E-state index contributed by atoms with van der Waals surface area (Å²) in [4.78, 5) is 66.2. The molecule has 6 N–H and O–H groups in total. The van der Waals surface area contributed by atoms with Crippen molar-refractivity contribution < 1.29 is 37.8 Å². The first-order chi connectivity index (χ1) is 37.4. The van der Waals surface area contributed by atoms with Crippen LogP contribution in [0.25, 0.3) is 21.6 Å². The van der Waals surface area contributed by atoms with E-state index in [1.807, 2.05) is 119 Å². The van der Waals surface area contributed by atoms with Crippen LogP contribution in [0.3, 0.4) is 0 Å². The minimum absolute atomic E-state index is 0.0107. The molecule has 0 bridgehead atoms. The van der Waals surface area contributed by atoms with Gasteiger partial charge in [0.15, 0.2) is 0 Å². The second-order valence-electron chi connectivity index (χ2n) is 22.5. The van der Waals surface area contributed by atoms with Gasteiger partial charge in [0.05, 0.1) is 45.8 Å². The van der Waals surface area contributed by atoms with E-state index >= 15 is 0 Å². The fourth-order valence-electron chi connectivity index (χ4n) is 11.5. The summed E-state index contributed by atoms with van der Waals surface area (Å²) < 4.78 is 29.7. The number of aromatic nitrogens is 1. The number of piperazine rings is 1. The van der Waals surface area contributed by atoms with E-state index in [4.69, 9.17) is 0 Å². The highest BCUT2D eigenvalue weighted by Gasteiger charge is 2.49. The molecule has 4 aromatic carbocycles. The predicted molar refractivity (Wildman–Crippen MR) is 304 cm³/mol. The molecule has 9 rings (SSSR count). The number of rotatable bonds is 19. The van der Waals surface area contributed by atoms with E-state index in [1.54, 1.807) is 27.8 Å². The van der Waals surface area contributed by atoms with Crippen LogP contribution >= 0.6 is 11.3 Å². The minimum Gasteiger partial charge on any atom is -0.394 e. The van der Waals surface area contributed by atoms with Gasteiger partial charge < -0.3 is 46.2 Å². The second kappa shape index (κ2) is 24.5. The van der Waals surface area contributed by atoms with E-state index in [9.17, 15) is 37.8 Å². The van der Waals surface area contributed by atoms with Crippen LogP contribution in [-0.2, 0) is 35.7 Å². The maximum Gasteiger partial charge on any atom is 0.246 e. The van der Waals surface area contributed by atoms with E-state index in [2.05, 4.69) is 36.1 Å². The number of aliphatic hydroxyl groups is 2. The summed E-state index contributed by atoms with van der Waals surface area (Å²) in [6.07, 6.45) is 1.79. The maximum absolute atomic E-state index is 14.1. The summed E-state index contributed by atoms with van der Waals surface area (Å²) in [7, 11) is -3.81. The number of amides is 4. The summed E-state index contributed by atoms with van der Waals surface area (Å²) in [6.45, 7) is 15.0. The molecular weight excluding hydrogens is 1030 g/mol. The molecule has 1 aromatic heterocycles. The third-order valence-corrected chi connectivity index (χ3v) is 18.7. The molecule has 4 amide bonds. The van der Waals surface area contributed by atoms with Gasteiger partial charge in [0, 0.05) is 82.4 Å². The van der Waals surface area contributed by atoms with Crippen LogP contribution in [0.4, 0.5) is 11.4 Å². The molecule has 0 radical (unpaired) electrons. The van der Waals surface area contributed by atoms with Gasteiger partial charge in [0.1, 0.15) is 12.1 Å². The van der Waals surface area contributed by atoms with E-state index in [-0.39, 0.29) is 73.0 Å². The zero-order valence-electron chi connectivity index (χ0n) is 45.4. The van der Waals surface area contributed by atoms with Crippen molar-refractivity contribution in [1.82, 2.24) is 34.6 Å². The molecule has 78 heavy (non-hydrogen) atoms. The summed E-state index contributed by atoms with van der Waals surface area (Å²) in [6, 6.07) is 26.0. The number of aliphatic hydroxyl groups excluding tert-OH is 2. The van der Waals surface area contributed by atoms with Crippen molar-refractivity contribution in [2.24, 2.45) is 11.3 Å². The van der Waals surface area contributed by atoms with Crippen LogP contribution < -0.4 is 21.3 Å². The summed E-state index contributed by atoms with van der Waals surface area (Å²) >= 11 is 1.58. The molecule has 0 unspecified atom stereocenters. The molecule has 0 saturated carbocycles. The number of fused-ring (bicyclic) bond motifs is 3. The van der Waals surface area contributed by atoms with Crippen molar-refractivity contribution in [3.8, 4) is 21.6 Å². The number of aryl methyl sites for hydroxylation is 2. The fourth-order valence-corrected chi connectivity index (χ4v) is 14.0. The Hall–Kier alpha value is -6.06. The molecule has 4 aliphatic rings. The van der Waals surface area contributed by atoms with E-state index in [0.29, 0.717) is 37.9 Å². The van der Waals surface area contributed by atoms with E-state index < -0.39 is 39.7 Å². The van der Waals surface area contributed by atoms with E-state index in [0.717, 1.165) is 88.9 Å². The predicted octanol–water partition coefficient (Wildman–Crippen LogP) is 6.56. The molecule has 19 heteroatoms. The topological polar surface area (TPSA) is 217 Å². The van der Waals surface area contributed by atoms with Crippen LogP contribution in [0.5, 0.6) is 0 Å². The SMILES string of the molecule is Cc1ccc(S(=O)(=O)N2CC[C@@H]3[C@H](CO)Nc4ccc(-c5cccc(NC(=O)CCCN6CCN(CCCC(=O)N[C@H](C(=O)N7C[C@H](O)C[C@H]7C(=O)NCc7ccc(-c8scnc8C)cc7)C(C)(C)C)CC6)c5)cc4[C@@H]32)cc1. The van der Waals surface area contributed by atoms with Gasteiger partial charge in [-0.3, -0.25) is 19.2 Å². The number of β-amino-alcohol motifs (C(OH)–C–C–N with tert-alkyl or cyclic N) is 1. The quantitative estimate of drug-likeness (QED) is 0.0519. The molecule has 0 spiro atoms. The van der Waals surface area contributed by atoms with Gasteiger partial charge in [-0.2, -0.15) is 4.31 Å². The first kappa shape index (κ1) is 56.7. The number of hydrogen-bond donors (Lipinski definition) is 6. The lowest BCUT2D eigenvalue weighted by atomic mass is 9.82. The lowest BCUT2D eigenvalue weighted by Crippen LogP contribution is -2.57. The Balaban J connectivity index is 0.701. The van der Waals surface area contributed by atoms with Crippen LogP contribution in [0.15, 0.2) is 101 Å². The van der Waals surface area contributed by atoms with Gasteiger partial charge in [-0.25, -0.2) is 13.4 Å². The number of benzene rings is 4. The van der Waals surface area contributed by atoms with Crippen LogP contribution in [0, 0.1) is 25.2 Å². The Morgan fingerprint density at radius 1 is 0.833 bits per heavy atom. The Morgan fingerprint density at radius 3 is 2.15 bits per heavy atom. The third-order valence-electron chi connectivity index (χ3n) is 15.9. The monoisotopic (exact) mass is 1100 g/mol. The van der Waals surface area contributed by atoms with Crippen LogP contribution in [0.2, 0.25) is 0 Å². The van der Waals surface area contributed by atoms with Gasteiger partial charge in [0.2, 0.25) is 33.7 Å². The summed E-state index contributed by atoms with van der Waals surface area (Å²) in [5.74, 6) is -1.15. The number of carbonyl (C=O) groups is 4. The maximum atomic E-state index is 14.1. The largest absolute Gasteiger partial charge is 0.394 e. The van der Waals surface area contributed by atoms with Crippen molar-refractivity contribution in [2.75, 3.05) is 69.6 Å². The third kappa shape index (κ3) is 13.2. The highest BCUT2D eigenvalue weighted by atomic mass is 32.2. The number of thiazole rings is 1. The number of nitrogens with one attached hydrogen (secondary N) is 4. The fraction of sp³-hybridized carbons (Fsp3) is 0.475. The van der Waals surface area contributed by atoms with Gasteiger partial charge in [-0.1, -0.05) is 80.9 Å². The lowest BCUT2D eigenvalue weighted by Gasteiger charge is -2.39. The number of hydrogen-bond acceptors (Lipinski definition) is 13. The molecule has 5 aromatic rings. The molecule has 0 aliphatic carbocycles. The lowest BCUT2D eigenvalue weighted by molar-refractivity contribution is -0.144. The number of nitrogens with zero attached hydrogens (tertiary/aromatic N) is 5. The van der Waals surface area contributed by atoms with E-state index in [1.165, 1.54) is 4.90 Å². The number of sulfonamides is 1. The van der Waals surface area contributed by atoms with Crippen LogP contribution in [-0.4, -0.2) is 149 Å².